The van der Waals surface area contributed by atoms with E-state index in [4.69, 9.17) is 0 Å². The molecule has 2 amide bonds. The van der Waals surface area contributed by atoms with Gasteiger partial charge in [-0.25, -0.2) is 9.48 Å². The number of rotatable bonds is 5. The Morgan fingerprint density at radius 2 is 2.05 bits per heavy atom. The van der Waals surface area contributed by atoms with Crippen molar-refractivity contribution in [3.8, 4) is 5.69 Å². The standard InChI is InChI=1S/C16H22N4O2/c1-4-16(3,11-21)18-15(22)17-14-12(2)10-20(19-14)13-8-6-5-7-9-13/h5-10,21H,4,11H2,1-3H3,(H2,17,18,19,22). The summed E-state index contributed by atoms with van der Waals surface area (Å²) in [5.74, 6) is 0.498. The van der Waals surface area contributed by atoms with Gasteiger partial charge in [0.1, 0.15) is 0 Å². The lowest BCUT2D eigenvalue weighted by Gasteiger charge is -2.26. The van der Waals surface area contributed by atoms with Gasteiger partial charge >= 0.3 is 6.03 Å². The first-order valence-corrected chi connectivity index (χ1v) is 7.29. The van der Waals surface area contributed by atoms with Crippen LogP contribution in [0.4, 0.5) is 10.6 Å². The summed E-state index contributed by atoms with van der Waals surface area (Å²) < 4.78 is 1.72. The number of para-hydroxylation sites is 1. The number of amides is 2. The van der Waals surface area contributed by atoms with Crippen LogP contribution in [0.1, 0.15) is 25.8 Å². The molecule has 1 heterocycles. The van der Waals surface area contributed by atoms with Gasteiger partial charge in [0.2, 0.25) is 0 Å². The molecule has 1 aromatic carbocycles. The molecule has 6 nitrogen and oxygen atoms in total. The van der Waals surface area contributed by atoms with Gasteiger partial charge in [0.05, 0.1) is 17.8 Å². The number of anilines is 1. The van der Waals surface area contributed by atoms with Crippen molar-refractivity contribution in [3.63, 3.8) is 0 Å². The summed E-state index contributed by atoms with van der Waals surface area (Å²) in [6.07, 6.45) is 2.49. The predicted octanol–water partition coefficient (Wildman–Crippen LogP) is 2.46. The van der Waals surface area contributed by atoms with Crippen molar-refractivity contribution in [3.05, 3.63) is 42.1 Å². The van der Waals surface area contributed by atoms with Gasteiger partial charge in [-0.05, 0) is 32.4 Å². The number of carbonyl (C=O) groups excluding carboxylic acids is 1. The molecular formula is C16H22N4O2. The molecule has 0 saturated heterocycles. The first-order chi connectivity index (χ1) is 10.5. The number of nitrogens with one attached hydrogen (secondary N) is 2. The quantitative estimate of drug-likeness (QED) is 0.794. The molecule has 22 heavy (non-hydrogen) atoms. The van der Waals surface area contributed by atoms with Crippen LogP contribution in [0.25, 0.3) is 5.69 Å². The van der Waals surface area contributed by atoms with Crippen LogP contribution in [0.15, 0.2) is 36.5 Å². The highest BCUT2D eigenvalue weighted by molar-refractivity contribution is 5.89. The summed E-state index contributed by atoms with van der Waals surface area (Å²) in [7, 11) is 0. The topological polar surface area (TPSA) is 79.2 Å². The van der Waals surface area contributed by atoms with Crippen LogP contribution in [0.5, 0.6) is 0 Å². The number of aryl methyl sites for hydroxylation is 1. The van der Waals surface area contributed by atoms with Crippen molar-refractivity contribution >= 4 is 11.8 Å². The van der Waals surface area contributed by atoms with Crippen LogP contribution >= 0.6 is 0 Å². The van der Waals surface area contributed by atoms with Gasteiger partial charge in [-0.1, -0.05) is 25.1 Å². The fourth-order valence-corrected chi connectivity index (χ4v) is 1.95. The number of aliphatic hydroxyl groups excluding tert-OH is 1. The Morgan fingerprint density at radius 3 is 2.64 bits per heavy atom. The van der Waals surface area contributed by atoms with E-state index in [9.17, 15) is 9.90 Å². The molecule has 1 aromatic heterocycles. The Morgan fingerprint density at radius 1 is 1.36 bits per heavy atom. The number of hydrogen-bond donors (Lipinski definition) is 3. The van der Waals surface area contributed by atoms with Crippen molar-refractivity contribution in [2.24, 2.45) is 0 Å². The predicted molar refractivity (Wildman–Crippen MR) is 86.2 cm³/mol. The van der Waals surface area contributed by atoms with Crippen molar-refractivity contribution in [1.82, 2.24) is 15.1 Å². The number of benzene rings is 1. The molecule has 2 aromatic rings. The Balaban J connectivity index is 2.11. The maximum Gasteiger partial charge on any atom is 0.320 e. The van der Waals surface area contributed by atoms with E-state index in [1.54, 1.807) is 11.6 Å². The molecular weight excluding hydrogens is 280 g/mol. The zero-order chi connectivity index (χ0) is 16.2. The molecule has 118 valence electrons. The highest BCUT2D eigenvalue weighted by Crippen LogP contribution is 2.16. The summed E-state index contributed by atoms with van der Waals surface area (Å²) in [4.78, 5) is 12.1. The number of carbonyl (C=O) groups is 1. The van der Waals surface area contributed by atoms with Gasteiger partial charge in [-0.2, -0.15) is 0 Å². The number of aromatic nitrogens is 2. The van der Waals surface area contributed by atoms with E-state index >= 15 is 0 Å². The second kappa shape index (κ2) is 6.62. The molecule has 0 aliphatic heterocycles. The molecule has 0 aliphatic carbocycles. The van der Waals surface area contributed by atoms with Crippen LogP contribution in [-0.2, 0) is 0 Å². The molecule has 0 bridgehead atoms. The van der Waals surface area contributed by atoms with Gasteiger partial charge in [-0.15, -0.1) is 5.10 Å². The molecule has 0 aliphatic rings. The molecule has 0 radical (unpaired) electrons. The highest BCUT2D eigenvalue weighted by Gasteiger charge is 2.23. The van der Waals surface area contributed by atoms with E-state index < -0.39 is 5.54 Å². The molecule has 3 N–H and O–H groups in total. The third kappa shape index (κ3) is 3.65. The minimum Gasteiger partial charge on any atom is -0.394 e. The van der Waals surface area contributed by atoms with E-state index in [1.165, 1.54) is 0 Å². The smallest absolute Gasteiger partial charge is 0.320 e. The number of aliphatic hydroxyl groups is 1. The zero-order valence-electron chi connectivity index (χ0n) is 13.1. The third-order valence-electron chi connectivity index (χ3n) is 3.69. The maximum atomic E-state index is 12.1. The molecule has 0 saturated carbocycles. The Bertz CT molecular complexity index is 633. The summed E-state index contributed by atoms with van der Waals surface area (Å²) >= 11 is 0. The average Bonchev–Trinajstić information content (AvgIpc) is 2.89. The van der Waals surface area contributed by atoms with Gasteiger partial charge in [-0.3, -0.25) is 5.32 Å². The summed E-state index contributed by atoms with van der Waals surface area (Å²) in [5, 5.41) is 19.2. The SMILES string of the molecule is CCC(C)(CO)NC(=O)Nc1nn(-c2ccccc2)cc1C. The van der Waals surface area contributed by atoms with E-state index in [1.807, 2.05) is 50.4 Å². The van der Waals surface area contributed by atoms with Crippen LogP contribution < -0.4 is 10.6 Å². The van der Waals surface area contributed by atoms with Crippen LogP contribution in [0, 0.1) is 6.92 Å². The fourth-order valence-electron chi connectivity index (χ4n) is 1.95. The largest absolute Gasteiger partial charge is 0.394 e. The second-order valence-corrected chi connectivity index (χ2v) is 5.59. The Hall–Kier alpha value is -2.34. The van der Waals surface area contributed by atoms with Gasteiger partial charge in [0, 0.05) is 11.8 Å². The highest BCUT2D eigenvalue weighted by atomic mass is 16.3. The number of hydrogen-bond acceptors (Lipinski definition) is 3. The third-order valence-corrected chi connectivity index (χ3v) is 3.69. The normalized spacial score (nSPS) is 13.5. The van der Waals surface area contributed by atoms with Gasteiger partial charge in [0.15, 0.2) is 5.82 Å². The average molecular weight is 302 g/mol. The molecule has 1 atom stereocenters. The molecule has 1 unspecified atom stereocenters. The van der Waals surface area contributed by atoms with E-state index in [0.29, 0.717) is 12.2 Å². The van der Waals surface area contributed by atoms with Gasteiger partial charge in [0.25, 0.3) is 0 Å². The monoisotopic (exact) mass is 302 g/mol. The maximum absolute atomic E-state index is 12.1. The Kier molecular flexibility index (Phi) is 4.82. The summed E-state index contributed by atoms with van der Waals surface area (Å²) in [6, 6.07) is 9.30. The van der Waals surface area contributed by atoms with Crippen molar-refractivity contribution in [2.45, 2.75) is 32.7 Å². The summed E-state index contributed by atoms with van der Waals surface area (Å²) in [5.41, 5.74) is 1.15. The van der Waals surface area contributed by atoms with Crippen LogP contribution in [0.2, 0.25) is 0 Å². The van der Waals surface area contributed by atoms with Crippen molar-refractivity contribution in [1.29, 1.82) is 0 Å². The lowest BCUT2D eigenvalue weighted by atomic mass is 10.0. The molecule has 2 rings (SSSR count). The Labute approximate surface area is 130 Å². The zero-order valence-corrected chi connectivity index (χ0v) is 13.1. The lowest BCUT2D eigenvalue weighted by Crippen LogP contribution is -2.50. The summed E-state index contributed by atoms with van der Waals surface area (Å²) in [6.45, 7) is 5.47. The fraction of sp³-hybridized carbons (Fsp3) is 0.375. The minimum atomic E-state index is -0.639. The van der Waals surface area contributed by atoms with Crippen molar-refractivity contribution in [2.75, 3.05) is 11.9 Å². The van der Waals surface area contributed by atoms with Crippen LogP contribution in [-0.4, -0.2) is 33.1 Å². The lowest BCUT2D eigenvalue weighted by molar-refractivity contribution is 0.172. The molecule has 0 fully saturated rings. The van der Waals surface area contributed by atoms with E-state index in [-0.39, 0.29) is 12.6 Å². The molecule has 6 heteroatoms. The minimum absolute atomic E-state index is 0.117. The number of urea groups is 1. The van der Waals surface area contributed by atoms with Gasteiger partial charge < -0.3 is 10.4 Å². The number of nitrogens with zero attached hydrogens (tertiary/aromatic N) is 2. The second-order valence-electron chi connectivity index (χ2n) is 5.59. The van der Waals surface area contributed by atoms with Crippen LogP contribution in [0.3, 0.4) is 0 Å². The first-order valence-electron chi connectivity index (χ1n) is 7.29. The van der Waals surface area contributed by atoms with E-state index in [0.717, 1.165) is 11.3 Å². The van der Waals surface area contributed by atoms with E-state index in [2.05, 4.69) is 15.7 Å². The first kappa shape index (κ1) is 16.0. The molecule has 0 spiro atoms. The van der Waals surface area contributed by atoms with Crippen molar-refractivity contribution < 1.29 is 9.90 Å².